The molecule has 1 fully saturated rings. The van der Waals surface area contributed by atoms with Gasteiger partial charge in [-0.2, -0.15) is 0 Å². The molecule has 4 heteroatoms. The van der Waals surface area contributed by atoms with Gasteiger partial charge in [0.2, 0.25) is 5.91 Å². The van der Waals surface area contributed by atoms with Gasteiger partial charge in [-0.1, -0.05) is 19.1 Å². The Bertz CT molecular complexity index is 445. The van der Waals surface area contributed by atoms with Gasteiger partial charge in [0, 0.05) is 25.6 Å². The summed E-state index contributed by atoms with van der Waals surface area (Å²) in [6.07, 6.45) is 4.40. The highest BCUT2D eigenvalue weighted by molar-refractivity contribution is 5.76. The maximum Gasteiger partial charge on any atom is 0.222 e. The van der Waals surface area contributed by atoms with Gasteiger partial charge < -0.3 is 15.4 Å². The van der Waals surface area contributed by atoms with E-state index in [4.69, 9.17) is 10.5 Å². The first-order valence-electron chi connectivity index (χ1n) is 7.94. The van der Waals surface area contributed by atoms with Crippen LogP contribution in [-0.2, 0) is 11.2 Å². The maximum absolute atomic E-state index is 12.2. The third-order valence-corrected chi connectivity index (χ3v) is 3.83. The van der Waals surface area contributed by atoms with E-state index in [1.54, 1.807) is 0 Å². The van der Waals surface area contributed by atoms with Gasteiger partial charge in [-0.15, -0.1) is 0 Å². The number of nitrogens with two attached hydrogens (primary N) is 1. The smallest absolute Gasteiger partial charge is 0.222 e. The minimum atomic E-state index is 0.151. The van der Waals surface area contributed by atoms with E-state index >= 15 is 0 Å². The summed E-state index contributed by atoms with van der Waals surface area (Å²) >= 11 is 0. The number of nitrogens with zero attached hydrogens (tertiary/aromatic N) is 1. The van der Waals surface area contributed by atoms with Gasteiger partial charge in [-0.25, -0.2) is 0 Å². The highest BCUT2D eigenvalue weighted by Crippen LogP contribution is 2.15. The lowest BCUT2D eigenvalue weighted by atomic mass is 10.0. The number of likely N-dealkylation sites (tertiary alicyclic amines) is 1. The molecule has 2 N–H and O–H groups in total. The minimum Gasteiger partial charge on any atom is -0.494 e. The second-order valence-corrected chi connectivity index (χ2v) is 5.73. The van der Waals surface area contributed by atoms with Crippen LogP contribution in [0.25, 0.3) is 0 Å². The largest absolute Gasteiger partial charge is 0.494 e. The zero-order valence-corrected chi connectivity index (χ0v) is 12.9. The topological polar surface area (TPSA) is 55.6 Å². The van der Waals surface area contributed by atoms with Gasteiger partial charge >= 0.3 is 0 Å². The quantitative estimate of drug-likeness (QED) is 0.875. The van der Waals surface area contributed by atoms with E-state index in [2.05, 4.69) is 6.92 Å². The molecular formula is C17H26N2O2. The highest BCUT2D eigenvalue weighted by atomic mass is 16.5. The highest BCUT2D eigenvalue weighted by Gasteiger charge is 2.20. The van der Waals surface area contributed by atoms with Crippen molar-refractivity contribution in [3.63, 3.8) is 0 Å². The monoisotopic (exact) mass is 290 g/mol. The average Bonchev–Trinajstić information content (AvgIpc) is 2.51. The van der Waals surface area contributed by atoms with E-state index in [9.17, 15) is 4.79 Å². The predicted octanol–water partition coefficient (Wildman–Crippen LogP) is 2.36. The summed E-state index contributed by atoms with van der Waals surface area (Å²) in [6, 6.07) is 8.19. The number of carbonyl (C=O) groups is 1. The molecule has 1 aromatic carbocycles. The summed E-state index contributed by atoms with van der Waals surface area (Å²) in [5, 5.41) is 0. The summed E-state index contributed by atoms with van der Waals surface area (Å²) in [7, 11) is 0. The molecule has 1 saturated heterocycles. The van der Waals surface area contributed by atoms with Gasteiger partial charge in [0.25, 0.3) is 0 Å². The predicted molar refractivity (Wildman–Crippen MR) is 84.3 cm³/mol. The van der Waals surface area contributed by atoms with Crippen LogP contribution in [0.1, 0.15) is 38.2 Å². The first kappa shape index (κ1) is 15.8. The van der Waals surface area contributed by atoms with Crippen LogP contribution in [0, 0.1) is 0 Å². The molecule has 4 nitrogen and oxygen atoms in total. The van der Waals surface area contributed by atoms with Gasteiger partial charge in [-0.3, -0.25) is 4.79 Å². The molecule has 0 bridgehead atoms. The Hall–Kier alpha value is -1.55. The summed E-state index contributed by atoms with van der Waals surface area (Å²) < 4.78 is 5.55. The Morgan fingerprint density at radius 2 is 2.14 bits per heavy atom. The van der Waals surface area contributed by atoms with Crippen LogP contribution in [0.2, 0.25) is 0 Å². The molecule has 1 atom stereocenters. The Labute approximate surface area is 127 Å². The molecule has 0 aromatic heterocycles. The van der Waals surface area contributed by atoms with Gasteiger partial charge in [0.05, 0.1) is 6.61 Å². The molecule has 1 aromatic rings. The molecule has 0 radical (unpaired) electrons. The van der Waals surface area contributed by atoms with Crippen molar-refractivity contribution in [2.24, 2.45) is 5.73 Å². The van der Waals surface area contributed by atoms with E-state index in [1.807, 2.05) is 29.2 Å². The van der Waals surface area contributed by atoms with E-state index in [0.29, 0.717) is 13.0 Å². The molecule has 116 valence electrons. The second kappa shape index (κ2) is 8.03. The first-order chi connectivity index (χ1) is 10.2. The van der Waals surface area contributed by atoms with Crippen molar-refractivity contribution >= 4 is 5.91 Å². The van der Waals surface area contributed by atoms with Crippen LogP contribution in [0.15, 0.2) is 24.3 Å². The third kappa shape index (κ3) is 5.05. The number of hydrogen-bond acceptors (Lipinski definition) is 3. The molecule has 1 heterocycles. The average molecular weight is 290 g/mol. The molecule has 0 saturated carbocycles. The fraction of sp³-hybridized carbons (Fsp3) is 0.588. The fourth-order valence-electron chi connectivity index (χ4n) is 2.62. The number of aryl methyl sites for hydroxylation is 1. The molecule has 0 aliphatic carbocycles. The van der Waals surface area contributed by atoms with Crippen molar-refractivity contribution in [2.45, 2.75) is 45.1 Å². The lowest BCUT2D eigenvalue weighted by Crippen LogP contribution is -2.45. The number of amides is 1. The number of benzene rings is 1. The summed E-state index contributed by atoms with van der Waals surface area (Å²) in [4.78, 5) is 14.1. The lowest BCUT2D eigenvalue weighted by Gasteiger charge is -2.30. The minimum absolute atomic E-state index is 0.151. The fourth-order valence-corrected chi connectivity index (χ4v) is 2.62. The standard InChI is InChI=1S/C17H26N2O2/c1-2-12-21-16-8-5-14(6-9-16)7-10-17(20)19-11-3-4-15(18)13-19/h5-6,8-9,15H,2-4,7,10-13,18H2,1H3. The normalized spacial score (nSPS) is 18.6. The number of rotatable bonds is 6. The number of hydrogen-bond donors (Lipinski definition) is 1. The number of piperidine rings is 1. The van der Waals surface area contributed by atoms with Crippen LogP contribution in [0.3, 0.4) is 0 Å². The van der Waals surface area contributed by atoms with E-state index in [0.717, 1.165) is 44.6 Å². The van der Waals surface area contributed by atoms with Crippen molar-refractivity contribution in [2.75, 3.05) is 19.7 Å². The van der Waals surface area contributed by atoms with Crippen molar-refractivity contribution in [1.29, 1.82) is 0 Å². The summed E-state index contributed by atoms with van der Waals surface area (Å²) in [6.45, 7) is 4.40. The van der Waals surface area contributed by atoms with Crippen molar-refractivity contribution in [3.05, 3.63) is 29.8 Å². The SMILES string of the molecule is CCCOc1ccc(CCC(=O)N2CCCC(N)C2)cc1. The number of carbonyl (C=O) groups excluding carboxylic acids is 1. The Balaban J connectivity index is 1.78. The lowest BCUT2D eigenvalue weighted by molar-refractivity contribution is -0.132. The van der Waals surface area contributed by atoms with Crippen LogP contribution >= 0.6 is 0 Å². The van der Waals surface area contributed by atoms with Crippen LogP contribution in [0.4, 0.5) is 0 Å². The molecule has 21 heavy (non-hydrogen) atoms. The van der Waals surface area contributed by atoms with Gasteiger partial charge in [0.1, 0.15) is 5.75 Å². The zero-order chi connectivity index (χ0) is 15.1. The van der Waals surface area contributed by atoms with Crippen LogP contribution < -0.4 is 10.5 Å². The first-order valence-corrected chi connectivity index (χ1v) is 7.94. The van der Waals surface area contributed by atoms with Crippen LogP contribution in [0.5, 0.6) is 5.75 Å². The van der Waals surface area contributed by atoms with Crippen LogP contribution in [-0.4, -0.2) is 36.5 Å². The molecule has 1 unspecified atom stereocenters. The van der Waals surface area contributed by atoms with Gasteiger partial charge in [0.15, 0.2) is 0 Å². The van der Waals surface area contributed by atoms with Gasteiger partial charge in [-0.05, 0) is 43.4 Å². The summed E-state index contributed by atoms with van der Waals surface area (Å²) in [5.41, 5.74) is 7.09. The molecule has 1 aliphatic heterocycles. The Morgan fingerprint density at radius 3 is 2.81 bits per heavy atom. The molecule has 1 aliphatic rings. The third-order valence-electron chi connectivity index (χ3n) is 3.83. The Morgan fingerprint density at radius 1 is 1.38 bits per heavy atom. The summed E-state index contributed by atoms with van der Waals surface area (Å²) in [5.74, 6) is 1.12. The Kier molecular flexibility index (Phi) is 6.05. The maximum atomic E-state index is 12.2. The zero-order valence-electron chi connectivity index (χ0n) is 12.9. The van der Waals surface area contributed by atoms with E-state index in [1.165, 1.54) is 5.56 Å². The molecule has 0 spiro atoms. The van der Waals surface area contributed by atoms with Crippen molar-refractivity contribution in [1.82, 2.24) is 4.90 Å². The van der Waals surface area contributed by atoms with Crippen molar-refractivity contribution in [3.8, 4) is 5.75 Å². The molecule has 2 rings (SSSR count). The molecular weight excluding hydrogens is 264 g/mol. The number of ether oxygens (including phenoxy) is 1. The van der Waals surface area contributed by atoms with Crippen molar-refractivity contribution < 1.29 is 9.53 Å². The van der Waals surface area contributed by atoms with E-state index in [-0.39, 0.29) is 11.9 Å². The second-order valence-electron chi connectivity index (χ2n) is 5.73. The molecule has 1 amide bonds. The van der Waals surface area contributed by atoms with E-state index < -0.39 is 0 Å².